The van der Waals surface area contributed by atoms with Crippen LogP contribution in [-0.4, -0.2) is 41.5 Å². The van der Waals surface area contributed by atoms with Crippen molar-refractivity contribution in [1.82, 2.24) is 23.7 Å². The Kier molecular flexibility index (Phi) is 7.74. The Balaban J connectivity index is 1.69. The van der Waals surface area contributed by atoms with Crippen molar-refractivity contribution >= 4 is 11.2 Å². The topological polar surface area (TPSA) is 104 Å². The van der Waals surface area contributed by atoms with Gasteiger partial charge in [0.05, 0.1) is 5.69 Å². The lowest BCUT2D eigenvalue weighted by Gasteiger charge is -2.18. The molecule has 1 N–H and O–H groups in total. The van der Waals surface area contributed by atoms with Crippen molar-refractivity contribution in [3.63, 3.8) is 0 Å². The number of rotatable bonds is 9. The van der Waals surface area contributed by atoms with E-state index in [1.165, 1.54) is 16.7 Å². The molecule has 1 aliphatic carbocycles. The molecule has 1 atom stereocenters. The second-order valence-corrected chi connectivity index (χ2v) is 9.68. The number of aliphatic hydroxyl groups is 1. The molecule has 9 nitrogen and oxygen atoms in total. The van der Waals surface area contributed by atoms with E-state index in [0.717, 1.165) is 29.4 Å². The molecule has 0 saturated heterocycles. The number of aliphatic hydroxyl groups excluding tert-OH is 1. The molecule has 3 heterocycles. The Bertz CT molecular complexity index is 1630. The molecular formula is C29H32FN5O4. The van der Waals surface area contributed by atoms with E-state index < -0.39 is 11.2 Å². The van der Waals surface area contributed by atoms with Gasteiger partial charge in [0.15, 0.2) is 11.2 Å². The minimum Gasteiger partial charge on any atom is -0.470 e. The standard InChI is InChI=1S/C29H32FN5O4/c1-3-33-27-25(28(37)34(29(33)38)16-7-17-36)35(18-20-10-12-21(30)13-11-20)26(32-27)23-14-15-24(31-19(23)2)39-22-8-5-4-6-9-22/h5,8,10-15,22,36H,3-4,6-7,9,16-18H2,1-2H3. The van der Waals surface area contributed by atoms with Crippen LogP contribution in [0.15, 0.2) is 58.1 Å². The summed E-state index contributed by atoms with van der Waals surface area (Å²) in [4.78, 5) is 36.4. The van der Waals surface area contributed by atoms with Crippen LogP contribution < -0.4 is 16.0 Å². The van der Waals surface area contributed by atoms with Crippen molar-refractivity contribution in [1.29, 1.82) is 0 Å². The zero-order chi connectivity index (χ0) is 27.5. The van der Waals surface area contributed by atoms with Crippen LogP contribution in [0.1, 0.15) is 43.9 Å². The molecule has 3 aromatic heterocycles. The van der Waals surface area contributed by atoms with E-state index in [4.69, 9.17) is 9.72 Å². The average molecular weight is 534 g/mol. The SMILES string of the molecule is CCn1c(=O)n(CCCO)c(=O)c2c1nc(-c1ccc(OC3C=CCCC3)nc1C)n2Cc1ccc(F)cc1. The zero-order valence-corrected chi connectivity index (χ0v) is 22.1. The number of benzene rings is 1. The molecule has 0 fully saturated rings. The van der Waals surface area contributed by atoms with Crippen molar-refractivity contribution < 1.29 is 14.2 Å². The number of aryl methyl sites for hydroxylation is 2. The lowest BCUT2D eigenvalue weighted by Crippen LogP contribution is -2.40. The van der Waals surface area contributed by atoms with Crippen molar-refractivity contribution in [3.05, 3.63) is 86.5 Å². The Morgan fingerprint density at radius 1 is 1.08 bits per heavy atom. The van der Waals surface area contributed by atoms with Gasteiger partial charge < -0.3 is 14.4 Å². The molecule has 4 aromatic rings. The number of hydrogen-bond acceptors (Lipinski definition) is 6. The summed E-state index contributed by atoms with van der Waals surface area (Å²) in [5.41, 5.74) is 1.70. The number of imidazole rings is 1. The molecule has 0 bridgehead atoms. The van der Waals surface area contributed by atoms with Gasteiger partial charge in [-0.25, -0.2) is 19.2 Å². The minimum atomic E-state index is -0.483. The number of aromatic nitrogens is 5. The maximum atomic E-state index is 13.7. The lowest BCUT2D eigenvalue weighted by atomic mass is 10.1. The molecular weight excluding hydrogens is 501 g/mol. The van der Waals surface area contributed by atoms with Crippen LogP contribution in [0.4, 0.5) is 4.39 Å². The van der Waals surface area contributed by atoms with Crippen LogP contribution in [0.5, 0.6) is 5.88 Å². The van der Waals surface area contributed by atoms with Crippen molar-refractivity contribution in [3.8, 4) is 17.3 Å². The molecule has 0 saturated carbocycles. The number of hydrogen-bond donors (Lipinski definition) is 1. The third kappa shape index (κ3) is 5.29. The molecule has 0 amide bonds. The average Bonchev–Trinajstić information content (AvgIpc) is 3.29. The smallest absolute Gasteiger partial charge is 0.332 e. The van der Waals surface area contributed by atoms with Gasteiger partial charge in [-0.3, -0.25) is 13.9 Å². The fourth-order valence-electron chi connectivity index (χ4n) is 5.01. The zero-order valence-electron chi connectivity index (χ0n) is 22.1. The summed E-state index contributed by atoms with van der Waals surface area (Å²) in [6.45, 7) is 4.15. The highest BCUT2D eigenvalue weighted by atomic mass is 19.1. The Labute approximate surface area is 224 Å². The first-order valence-corrected chi connectivity index (χ1v) is 13.3. The first-order chi connectivity index (χ1) is 18.9. The Hall–Kier alpha value is -4.05. The van der Waals surface area contributed by atoms with Crippen molar-refractivity contribution in [2.75, 3.05) is 6.61 Å². The van der Waals surface area contributed by atoms with Gasteiger partial charge in [0.1, 0.15) is 17.7 Å². The summed E-state index contributed by atoms with van der Waals surface area (Å²) in [7, 11) is 0. The quantitative estimate of drug-likeness (QED) is 0.328. The molecule has 1 aromatic carbocycles. The first kappa shape index (κ1) is 26.6. The summed E-state index contributed by atoms with van der Waals surface area (Å²) >= 11 is 0. The fourth-order valence-corrected chi connectivity index (χ4v) is 5.01. The molecule has 39 heavy (non-hydrogen) atoms. The number of allylic oxidation sites excluding steroid dienone is 1. The van der Waals surface area contributed by atoms with Gasteiger partial charge in [-0.05, 0) is 69.4 Å². The number of halogens is 1. The maximum absolute atomic E-state index is 13.7. The number of pyridine rings is 1. The second-order valence-electron chi connectivity index (χ2n) is 9.68. The molecule has 0 spiro atoms. The second kappa shape index (κ2) is 11.4. The van der Waals surface area contributed by atoms with E-state index in [1.54, 1.807) is 22.8 Å². The molecule has 204 valence electrons. The van der Waals surface area contributed by atoms with Crippen molar-refractivity contribution in [2.45, 2.75) is 65.3 Å². The minimum absolute atomic E-state index is 0.0177. The van der Waals surface area contributed by atoms with Crippen LogP contribution in [-0.2, 0) is 19.6 Å². The van der Waals surface area contributed by atoms with Gasteiger partial charge in [-0.1, -0.05) is 18.2 Å². The summed E-state index contributed by atoms with van der Waals surface area (Å²) in [6.07, 6.45) is 7.49. The number of nitrogens with zero attached hydrogens (tertiary/aromatic N) is 5. The summed E-state index contributed by atoms with van der Waals surface area (Å²) in [5.74, 6) is 0.622. The largest absolute Gasteiger partial charge is 0.470 e. The third-order valence-electron chi connectivity index (χ3n) is 7.01. The van der Waals surface area contributed by atoms with Crippen LogP contribution in [0.3, 0.4) is 0 Å². The summed E-state index contributed by atoms with van der Waals surface area (Å²) < 4.78 is 24.1. The molecule has 1 aliphatic rings. The van der Waals surface area contributed by atoms with Gasteiger partial charge >= 0.3 is 5.69 Å². The number of fused-ring (bicyclic) bond motifs is 1. The van der Waals surface area contributed by atoms with Crippen LogP contribution in [0, 0.1) is 12.7 Å². The van der Waals surface area contributed by atoms with E-state index in [9.17, 15) is 19.1 Å². The fraction of sp³-hybridized carbons (Fsp3) is 0.379. The molecule has 0 radical (unpaired) electrons. The molecule has 10 heteroatoms. The molecule has 1 unspecified atom stereocenters. The predicted molar refractivity (Wildman–Crippen MR) is 147 cm³/mol. The Morgan fingerprint density at radius 3 is 2.54 bits per heavy atom. The highest BCUT2D eigenvalue weighted by Crippen LogP contribution is 2.28. The van der Waals surface area contributed by atoms with Crippen LogP contribution >= 0.6 is 0 Å². The monoisotopic (exact) mass is 533 g/mol. The van der Waals surface area contributed by atoms with Crippen LogP contribution in [0.25, 0.3) is 22.6 Å². The highest BCUT2D eigenvalue weighted by Gasteiger charge is 2.24. The summed E-state index contributed by atoms with van der Waals surface area (Å²) in [6, 6.07) is 9.71. The number of ether oxygens (including phenoxy) is 1. The predicted octanol–water partition coefficient (Wildman–Crippen LogP) is 3.81. The molecule has 5 rings (SSSR count). The van der Waals surface area contributed by atoms with Gasteiger partial charge in [0, 0.05) is 37.9 Å². The van der Waals surface area contributed by atoms with E-state index in [-0.39, 0.29) is 49.2 Å². The third-order valence-corrected chi connectivity index (χ3v) is 7.01. The van der Waals surface area contributed by atoms with Crippen LogP contribution in [0.2, 0.25) is 0 Å². The van der Waals surface area contributed by atoms with E-state index >= 15 is 0 Å². The van der Waals surface area contributed by atoms with Gasteiger partial charge in [-0.2, -0.15) is 0 Å². The van der Waals surface area contributed by atoms with E-state index in [0.29, 0.717) is 29.5 Å². The van der Waals surface area contributed by atoms with E-state index in [2.05, 4.69) is 17.1 Å². The maximum Gasteiger partial charge on any atom is 0.332 e. The lowest BCUT2D eigenvalue weighted by molar-refractivity contribution is 0.221. The normalized spacial score (nSPS) is 15.2. The van der Waals surface area contributed by atoms with Gasteiger partial charge in [0.25, 0.3) is 5.56 Å². The van der Waals surface area contributed by atoms with E-state index in [1.807, 2.05) is 19.9 Å². The first-order valence-electron chi connectivity index (χ1n) is 13.3. The molecule has 0 aliphatic heterocycles. The van der Waals surface area contributed by atoms with Gasteiger partial charge in [0.2, 0.25) is 5.88 Å². The Morgan fingerprint density at radius 2 is 1.87 bits per heavy atom. The highest BCUT2D eigenvalue weighted by molar-refractivity contribution is 5.78. The van der Waals surface area contributed by atoms with Gasteiger partial charge in [-0.15, -0.1) is 0 Å². The van der Waals surface area contributed by atoms with Crippen molar-refractivity contribution in [2.24, 2.45) is 0 Å². The summed E-state index contributed by atoms with van der Waals surface area (Å²) in [5, 5.41) is 9.34.